The third-order valence-electron chi connectivity index (χ3n) is 3.83. The van der Waals surface area contributed by atoms with E-state index in [0.29, 0.717) is 22.4 Å². The summed E-state index contributed by atoms with van der Waals surface area (Å²) in [6.45, 7) is 7.02. The van der Waals surface area contributed by atoms with E-state index in [2.05, 4.69) is 22.5 Å². The predicted octanol–water partition coefficient (Wildman–Crippen LogP) is 2.90. The fourth-order valence-corrected chi connectivity index (χ4v) is 2.80. The molecule has 1 heterocycles. The second-order valence-corrected chi connectivity index (χ2v) is 5.63. The Bertz CT molecular complexity index is 478. The first-order valence-electron chi connectivity index (χ1n) is 7.15. The number of aryl methyl sites for hydroxylation is 1. The SMILES string of the molecule is CCN1CCC[C@@H]1CNC(=S)Nc1ccc(C)c(F)c1. The highest BCUT2D eigenvalue weighted by Crippen LogP contribution is 2.16. The molecular weight excluding hydrogens is 273 g/mol. The van der Waals surface area contributed by atoms with E-state index < -0.39 is 0 Å². The Hall–Kier alpha value is -1.20. The van der Waals surface area contributed by atoms with Gasteiger partial charge < -0.3 is 10.6 Å². The molecule has 0 unspecified atom stereocenters. The average molecular weight is 295 g/mol. The summed E-state index contributed by atoms with van der Waals surface area (Å²) < 4.78 is 13.4. The number of likely N-dealkylation sites (N-methyl/N-ethyl adjacent to an activating group) is 1. The van der Waals surface area contributed by atoms with Crippen molar-refractivity contribution in [1.29, 1.82) is 0 Å². The topological polar surface area (TPSA) is 27.3 Å². The van der Waals surface area contributed by atoms with Crippen molar-refractivity contribution in [3.05, 3.63) is 29.6 Å². The Kier molecular flexibility index (Phi) is 5.31. The lowest BCUT2D eigenvalue weighted by Gasteiger charge is -2.23. The minimum absolute atomic E-state index is 0.217. The molecule has 1 aliphatic rings. The third-order valence-corrected chi connectivity index (χ3v) is 4.08. The van der Waals surface area contributed by atoms with Crippen molar-refractivity contribution >= 4 is 23.0 Å². The van der Waals surface area contributed by atoms with E-state index in [4.69, 9.17) is 12.2 Å². The second-order valence-electron chi connectivity index (χ2n) is 5.22. The molecule has 0 aliphatic carbocycles. The van der Waals surface area contributed by atoms with Gasteiger partial charge in [0, 0.05) is 18.3 Å². The Morgan fingerprint density at radius 2 is 2.30 bits per heavy atom. The molecule has 1 atom stereocenters. The number of rotatable bonds is 4. The van der Waals surface area contributed by atoms with Crippen molar-refractivity contribution in [3.63, 3.8) is 0 Å². The number of halogens is 1. The van der Waals surface area contributed by atoms with Crippen molar-refractivity contribution in [2.45, 2.75) is 32.7 Å². The van der Waals surface area contributed by atoms with Crippen molar-refractivity contribution < 1.29 is 4.39 Å². The Morgan fingerprint density at radius 1 is 1.50 bits per heavy atom. The van der Waals surface area contributed by atoms with Crippen LogP contribution in [0.25, 0.3) is 0 Å². The van der Waals surface area contributed by atoms with E-state index >= 15 is 0 Å². The van der Waals surface area contributed by atoms with Gasteiger partial charge in [-0.15, -0.1) is 0 Å². The number of thiocarbonyl (C=S) groups is 1. The van der Waals surface area contributed by atoms with Gasteiger partial charge in [-0.25, -0.2) is 4.39 Å². The third kappa shape index (κ3) is 3.90. The molecular formula is C15H22FN3S. The van der Waals surface area contributed by atoms with E-state index in [9.17, 15) is 4.39 Å². The zero-order valence-corrected chi connectivity index (χ0v) is 12.9. The molecule has 1 fully saturated rings. The van der Waals surface area contributed by atoms with Crippen LogP contribution in [0.4, 0.5) is 10.1 Å². The first-order valence-corrected chi connectivity index (χ1v) is 7.56. The van der Waals surface area contributed by atoms with Gasteiger partial charge in [0.15, 0.2) is 5.11 Å². The average Bonchev–Trinajstić information content (AvgIpc) is 2.88. The number of hydrogen-bond donors (Lipinski definition) is 2. The summed E-state index contributed by atoms with van der Waals surface area (Å²) in [5.74, 6) is -0.217. The van der Waals surface area contributed by atoms with Crippen LogP contribution in [-0.2, 0) is 0 Å². The van der Waals surface area contributed by atoms with Gasteiger partial charge in [-0.1, -0.05) is 13.0 Å². The van der Waals surface area contributed by atoms with Gasteiger partial charge in [-0.05, 0) is 62.8 Å². The van der Waals surface area contributed by atoms with Gasteiger partial charge in [-0.2, -0.15) is 0 Å². The lowest BCUT2D eigenvalue weighted by Crippen LogP contribution is -2.41. The number of anilines is 1. The summed E-state index contributed by atoms with van der Waals surface area (Å²) >= 11 is 5.26. The highest BCUT2D eigenvalue weighted by Gasteiger charge is 2.22. The molecule has 2 rings (SSSR count). The molecule has 0 amide bonds. The number of benzene rings is 1. The minimum Gasteiger partial charge on any atom is -0.361 e. The lowest BCUT2D eigenvalue weighted by molar-refractivity contribution is 0.267. The van der Waals surface area contributed by atoms with Crippen LogP contribution >= 0.6 is 12.2 Å². The first-order chi connectivity index (χ1) is 9.60. The van der Waals surface area contributed by atoms with E-state index in [0.717, 1.165) is 13.1 Å². The van der Waals surface area contributed by atoms with Crippen LogP contribution in [0, 0.1) is 12.7 Å². The molecule has 0 spiro atoms. The Balaban J connectivity index is 1.81. The molecule has 5 heteroatoms. The normalized spacial score (nSPS) is 19.1. The quantitative estimate of drug-likeness (QED) is 0.835. The summed E-state index contributed by atoms with van der Waals surface area (Å²) in [5.41, 5.74) is 1.32. The molecule has 0 bridgehead atoms. The molecule has 1 aliphatic heterocycles. The number of likely N-dealkylation sites (tertiary alicyclic amines) is 1. The molecule has 2 N–H and O–H groups in total. The molecule has 3 nitrogen and oxygen atoms in total. The number of hydrogen-bond acceptors (Lipinski definition) is 2. The summed E-state index contributed by atoms with van der Waals surface area (Å²) in [6, 6.07) is 5.60. The monoisotopic (exact) mass is 295 g/mol. The summed E-state index contributed by atoms with van der Waals surface area (Å²) in [6.07, 6.45) is 2.46. The van der Waals surface area contributed by atoms with E-state index in [1.807, 2.05) is 6.07 Å². The van der Waals surface area contributed by atoms with Crippen LogP contribution < -0.4 is 10.6 Å². The van der Waals surface area contributed by atoms with Crippen molar-refractivity contribution in [2.24, 2.45) is 0 Å². The lowest BCUT2D eigenvalue weighted by atomic mass is 10.2. The van der Waals surface area contributed by atoms with Crippen LogP contribution in [0.5, 0.6) is 0 Å². The maximum atomic E-state index is 13.4. The standard InChI is InChI=1S/C15H22FN3S/c1-3-19-8-4-5-13(19)10-17-15(20)18-12-7-6-11(2)14(16)9-12/h6-7,9,13H,3-5,8,10H2,1-2H3,(H2,17,18,20)/t13-/m1/s1. The minimum atomic E-state index is -0.217. The number of nitrogens with zero attached hydrogens (tertiary/aromatic N) is 1. The molecule has 0 radical (unpaired) electrons. The molecule has 20 heavy (non-hydrogen) atoms. The fraction of sp³-hybridized carbons (Fsp3) is 0.533. The van der Waals surface area contributed by atoms with Crippen molar-refractivity contribution in [2.75, 3.05) is 25.0 Å². The van der Waals surface area contributed by atoms with Crippen molar-refractivity contribution in [1.82, 2.24) is 10.2 Å². The fourth-order valence-electron chi connectivity index (χ4n) is 2.60. The molecule has 1 saturated heterocycles. The van der Waals surface area contributed by atoms with Gasteiger partial charge in [0.25, 0.3) is 0 Å². The van der Waals surface area contributed by atoms with Gasteiger partial charge in [0.05, 0.1) is 0 Å². The smallest absolute Gasteiger partial charge is 0.170 e. The van der Waals surface area contributed by atoms with E-state index in [-0.39, 0.29) is 5.82 Å². The molecule has 0 saturated carbocycles. The Labute approximate surface area is 125 Å². The predicted molar refractivity (Wildman–Crippen MR) is 85.6 cm³/mol. The second kappa shape index (κ2) is 6.99. The summed E-state index contributed by atoms with van der Waals surface area (Å²) in [5, 5.41) is 6.81. The largest absolute Gasteiger partial charge is 0.361 e. The van der Waals surface area contributed by atoms with Crippen LogP contribution in [-0.4, -0.2) is 35.7 Å². The Morgan fingerprint density at radius 3 is 3.00 bits per heavy atom. The maximum Gasteiger partial charge on any atom is 0.170 e. The van der Waals surface area contributed by atoms with Crippen LogP contribution in [0.2, 0.25) is 0 Å². The molecule has 110 valence electrons. The zero-order valence-electron chi connectivity index (χ0n) is 12.1. The molecule has 0 aromatic heterocycles. The van der Waals surface area contributed by atoms with Gasteiger partial charge >= 0.3 is 0 Å². The highest BCUT2D eigenvalue weighted by atomic mass is 32.1. The summed E-state index contributed by atoms with van der Waals surface area (Å²) in [7, 11) is 0. The van der Waals surface area contributed by atoms with Gasteiger partial charge in [-0.3, -0.25) is 4.90 Å². The van der Waals surface area contributed by atoms with E-state index in [1.165, 1.54) is 25.5 Å². The maximum absolute atomic E-state index is 13.4. The number of nitrogens with one attached hydrogen (secondary N) is 2. The van der Waals surface area contributed by atoms with Gasteiger partial charge in [0.2, 0.25) is 0 Å². The van der Waals surface area contributed by atoms with Crippen molar-refractivity contribution in [3.8, 4) is 0 Å². The van der Waals surface area contributed by atoms with Crippen LogP contribution in [0.1, 0.15) is 25.3 Å². The molecule has 1 aromatic carbocycles. The summed E-state index contributed by atoms with van der Waals surface area (Å²) in [4.78, 5) is 2.46. The molecule has 1 aromatic rings. The first kappa shape index (κ1) is 15.2. The van der Waals surface area contributed by atoms with E-state index in [1.54, 1.807) is 13.0 Å². The van der Waals surface area contributed by atoms with Gasteiger partial charge in [0.1, 0.15) is 5.82 Å². The highest BCUT2D eigenvalue weighted by molar-refractivity contribution is 7.80. The zero-order chi connectivity index (χ0) is 14.5. The van der Waals surface area contributed by atoms with Crippen LogP contribution in [0.3, 0.4) is 0 Å². The van der Waals surface area contributed by atoms with Crippen LogP contribution in [0.15, 0.2) is 18.2 Å².